The second-order valence-electron chi connectivity index (χ2n) is 6.58. The number of nitro groups is 1. The van der Waals surface area contributed by atoms with Gasteiger partial charge >= 0.3 is 6.18 Å². The number of nitrogen functional groups attached to an aromatic ring is 1. The number of hydrogen-bond acceptors (Lipinski definition) is 8. The lowest BCUT2D eigenvalue weighted by atomic mass is 10.1. The summed E-state index contributed by atoms with van der Waals surface area (Å²) in [5.41, 5.74) is 3.97. The van der Waals surface area contributed by atoms with Crippen molar-refractivity contribution < 1.29 is 18.1 Å². The summed E-state index contributed by atoms with van der Waals surface area (Å²) in [5, 5.41) is 30.9. The van der Waals surface area contributed by atoms with Gasteiger partial charge in [-0.15, -0.1) is 10.2 Å². The second-order valence-corrected chi connectivity index (χ2v) is 7.43. The summed E-state index contributed by atoms with van der Waals surface area (Å²) in [6, 6.07) is 12.0. The number of nitrogens with one attached hydrogen (secondary N) is 1. The topological polar surface area (TPSA) is 143 Å². The van der Waals surface area contributed by atoms with Crippen molar-refractivity contribution in [1.29, 1.82) is 5.26 Å². The standard InChI is InChI=1S/C20H13BrF3N7O2/c1-10-13(9-25)19(27-11-5-3-2-4-6-11)28-18(26)16(10)29-30-17-14(20(22,23)24)7-12(31(32)33)8-15(17)21/h2-8H,1H3,(H3,26,27,28). The van der Waals surface area contributed by atoms with Gasteiger partial charge < -0.3 is 11.1 Å². The number of para-hydroxylation sites is 1. The third kappa shape index (κ3) is 5.07. The molecule has 9 nitrogen and oxygen atoms in total. The van der Waals surface area contributed by atoms with Crippen LogP contribution in [0, 0.1) is 28.4 Å². The highest BCUT2D eigenvalue weighted by Gasteiger charge is 2.37. The Labute approximate surface area is 193 Å². The lowest BCUT2D eigenvalue weighted by molar-refractivity contribution is -0.385. The highest BCUT2D eigenvalue weighted by atomic mass is 79.9. The Kier molecular flexibility index (Phi) is 6.59. The molecule has 0 saturated carbocycles. The molecule has 0 amide bonds. The minimum absolute atomic E-state index is 0.0702. The fourth-order valence-corrected chi connectivity index (χ4v) is 3.36. The lowest BCUT2D eigenvalue weighted by Crippen LogP contribution is -2.06. The van der Waals surface area contributed by atoms with E-state index in [0.29, 0.717) is 11.8 Å². The van der Waals surface area contributed by atoms with E-state index in [1.165, 1.54) is 6.92 Å². The van der Waals surface area contributed by atoms with Crippen LogP contribution in [0.25, 0.3) is 0 Å². The summed E-state index contributed by atoms with van der Waals surface area (Å²) >= 11 is 2.88. The van der Waals surface area contributed by atoms with Crippen LogP contribution >= 0.6 is 15.9 Å². The number of nitrogens with zero attached hydrogens (tertiary/aromatic N) is 5. The minimum Gasteiger partial charge on any atom is -0.382 e. The molecule has 1 heterocycles. The van der Waals surface area contributed by atoms with Crippen molar-refractivity contribution in [3.63, 3.8) is 0 Å². The molecule has 0 aliphatic carbocycles. The number of rotatable bonds is 5. The van der Waals surface area contributed by atoms with Gasteiger partial charge in [0.15, 0.2) is 11.6 Å². The van der Waals surface area contributed by atoms with Crippen LogP contribution in [-0.2, 0) is 6.18 Å². The van der Waals surface area contributed by atoms with Gasteiger partial charge in [-0.05, 0) is 35.0 Å². The van der Waals surface area contributed by atoms with Crippen molar-refractivity contribution in [1.82, 2.24) is 4.98 Å². The van der Waals surface area contributed by atoms with Crippen molar-refractivity contribution in [2.45, 2.75) is 13.1 Å². The van der Waals surface area contributed by atoms with Gasteiger partial charge in [0.1, 0.15) is 17.4 Å². The number of azo groups is 1. The average molecular weight is 520 g/mol. The van der Waals surface area contributed by atoms with Crippen molar-refractivity contribution in [3.8, 4) is 6.07 Å². The molecule has 0 atom stereocenters. The van der Waals surface area contributed by atoms with Gasteiger partial charge in [0.25, 0.3) is 5.69 Å². The van der Waals surface area contributed by atoms with E-state index >= 15 is 0 Å². The summed E-state index contributed by atoms with van der Waals surface area (Å²) in [6.45, 7) is 1.50. The molecule has 0 radical (unpaired) electrons. The summed E-state index contributed by atoms with van der Waals surface area (Å²) in [6.07, 6.45) is -4.94. The van der Waals surface area contributed by atoms with Gasteiger partial charge in [0, 0.05) is 23.4 Å². The monoisotopic (exact) mass is 519 g/mol. The molecule has 2 aromatic carbocycles. The Balaban J connectivity index is 2.10. The van der Waals surface area contributed by atoms with E-state index in [0.717, 1.165) is 6.07 Å². The normalized spacial score (nSPS) is 11.4. The fraction of sp³-hybridized carbons (Fsp3) is 0.100. The molecule has 3 aromatic rings. The number of hydrogen-bond donors (Lipinski definition) is 2. The van der Waals surface area contributed by atoms with Gasteiger partial charge in [-0.2, -0.15) is 18.4 Å². The number of anilines is 3. The van der Waals surface area contributed by atoms with Gasteiger partial charge in [-0.25, -0.2) is 4.98 Å². The van der Waals surface area contributed by atoms with Crippen LogP contribution < -0.4 is 11.1 Å². The van der Waals surface area contributed by atoms with E-state index < -0.39 is 28.0 Å². The van der Waals surface area contributed by atoms with Gasteiger partial charge in [0.05, 0.1) is 20.5 Å². The number of halogens is 4. The van der Waals surface area contributed by atoms with Crippen LogP contribution in [0.2, 0.25) is 0 Å². The Morgan fingerprint density at radius 3 is 2.42 bits per heavy atom. The number of nitrogens with two attached hydrogens (primary N) is 1. The SMILES string of the molecule is Cc1c(C#N)c(Nc2ccccc2)nc(N)c1N=Nc1c(Br)cc([N+](=O)[O-])cc1C(F)(F)F. The fourth-order valence-electron chi connectivity index (χ4n) is 2.84. The summed E-state index contributed by atoms with van der Waals surface area (Å²) in [5.74, 6) is -0.0366. The van der Waals surface area contributed by atoms with Crippen molar-refractivity contribution >= 4 is 50.3 Å². The molecule has 3 rings (SSSR count). The van der Waals surface area contributed by atoms with Gasteiger partial charge in [-0.1, -0.05) is 18.2 Å². The quantitative estimate of drug-likeness (QED) is 0.218. The Bertz CT molecular complexity index is 1310. The van der Waals surface area contributed by atoms with E-state index in [2.05, 4.69) is 36.5 Å². The summed E-state index contributed by atoms with van der Waals surface area (Å²) < 4.78 is 40.2. The zero-order valence-corrected chi connectivity index (χ0v) is 18.3. The van der Waals surface area contributed by atoms with Crippen LogP contribution in [0.1, 0.15) is 16.7 Å². The zero-order chi connectivity index (χ0) is 24.3. The molecule has 0 saturated heterocycles. The van der Waals surface area contributed by atoms with Crippen LogP contribution in [0.4, 0.5) is 47.6 Å². The number of aromatic nitrogens is 1. The van der Waals surface area contributed by atoms with E-state index in [9.17, 15) is 28.5 Å². The van der Waals surface area contributed by atoms with E-state index in [-0.39, 0.29) is 32.9 Å². The van der Waals surface area contributed by atoms with Crippen LogP contribution in [-0.4, -0.2) is 9.91 Å². The lowest BCUT2D eigenvalue weighted by Gasteiger charge is -2.13. The highest BCUT2D eigenvalue weighted by Crippen LogP contribution is 2.44. The molecule has 0 bridgehead atoms. The predicted molar refractivity (Wildman–Crippen MR) is 118 cm³/mol. The van der Waals surface area contributed by atoms with Crippen LogP contribution in [0.15, 0.2) is 57.2 Å². The van der Waals surface area contributed by atoms with Gasteiger partial charge in [0.2, 0.25) is 0 Å². The number of benzene rings is 2. The van der Waals surface area contributed by atoms with E-state index in [1.807, 2.05) is 6.07 Å². The van der Waals surface area contributed by atoms with Crippen molar-refractivity contribution in [3.05, 3.63) is 73.7 Å². The molecule has 3 N–H and O–H groups in total. The maximum Gasteiger partial charge on any atom is 0.418 e. The molecule has 0 spiro atoms. The Hall–Kier alpha value is -4.05. The third-order valence-electron chi connectivity index (χ3n) is 4.40. The van der Waals surface area contributed by atoms with Crippen molar-refractivity contribution in [2.24, 2.45) is 10.2 Å². The van der Waals surface area contributed by atoms with Crippen LogP contribution in [0.3, 0.4) is 0 Å². The molecule has 168 valence electrons. The Morgan fingerprint density at radius 2 is 1.85 bits per heavy atom. The molecule has 33 heavy (non-hydrogen) atoms. The first-order valence-electron chi connectivity index (χ1n) is 9.02. The highest BCUT2D eigenvalue weighted by molar-refractivity contribution is 9.10. The predicted octanol–water partition coefficient (Wildman–Crippen LogP) is 6.69. The third-order valence-corrected chi connectivity index (χ3v) is 5.01. The maximum absolute atomic E-state index is 13.5. The molecule has 0 unspecified atom stereocenters. The van der Waals surface area contributed by atoms with Gasteiger partial charge in [-0.3, -0.25) is 10.1 Å². The largest absolute Gasteiger partial charge is 0.418 e. The number of nitriles is 1. The number of alkyl halides is 3. The summed E-state index contributed by atoms with van der Waals surface area (Å²) in [7, 11) is 0. The number of non-ortho nitro benzene ring substituents is 1. The van der Waals surface area contributed by atoms with E-state index in [1.54, 1.807) is 30.3 Å². The molecule has 0 aliphatic heterocycles. The zero-order valence-electron chi connectivity index (χ0n) is 16.7. The van der Waals surface area contributed by atoms with Crippen LogP contribution in [0.5, 0.6) is 0 Å². The van der Waals surface area contributed by atoms with E-state index in [4.69, 9.17) is 5.73 Å². The second kappa shape index (κ2) is 9.21. The first kappa shape index (κ1) is 23.6. The first-order chi connectivity index (χ1) is 15.5. The number of pyridine rings is 1. The smallest absolute Gasteiger partial charge is 0.382 e. The first-order valence-corrected chi connectivity index (χ1v) is 9.81. The molecule has 0 aliphatic rings. The minimum atomic E-state index is -4.94. The molecular formula is C20H13BrF3N7O2. The Morgan fingerprint density at radius 1 is 1.21 bits per heavy atom. The molecule has 0 fully saturated rings. The van der Waals surface area contributed by atoms with Crippen molar-refractivity contribution in [2.75, 3.05) is 11.1 Å². The molecule has 13 heteroatoms. The summed E-state index contributed by atoms with van der Waals surface area (Å²) in [4.78, 5) is 14.1. The number of nitro benzene ring substituents is 1. The molecule has 1 aromatic heterocycles. The molecular weight excluding hydrogens is 507 g/mol. The maximum atomic E-state index is 13.5. The average Bonchev–Trinajstić information content (AvgIpc) is 2.74.